The summed E-state index contributed by atoms with van der Waals surface area (Å²) in [6, 6.07) is 21.4. The number of piperazine rings is 1. The number of aromatic amines is 1. The van der Waals surface area contributed by atoms with Crippen molar-refractivity contribution in [2.45, 2.75) is 13.1 Å². The van der Waals surface area contributed by atoms with Gasteiger partial charge in [0.1, 0.15) is 5.69 Å². The lowest BCUT2D eigenvalue weighted by molar-refractivity contribution is 0.0944. The van der Waals surface area contributed by atoms with E-state index >= 15 is 0 Å². The van der Waals surface area contributed by atoms with Gasteiger partial charge in [-0.05, 0) is 29.3 Å². The second kappa shape index (κ2) is 9.37. The molecule has 2 heterocycles. The first kappa shape index (κ1) is 19.8. The van der Waals surface area contributed by atoms with E-state index in [0.717, 1.165) is 38.3 Å². The van der Waals surface area contributed by atoms with Crippen LogP contribution in [0.3, 0.4) is 0 Å². The fourth-order valence-electron chi connectivity index (χ4n) is 3.67. The SMILES string of the molecule is O=C(NCc1ccccc1CN1CCN(c2ccccc2)CC1)c1ccc(=O)[nH]n1. The van der Waals surface area contributed by atoms with E-state index in [0.29, 0.717) is 6.54 Å². The Morgan fingerprint density at radius 1 is 0.900 bits per heavy atom. The Bertz CT molecular complexity index is 1020. The molecule has 0 unspecified atom stereocenters. The molecule has 0 saturated carbocycles. The van der Waals surface area contributed by atoms with Crippen molar-refractivity contribution in [3.05, 3.63) is 93.9 Å². The van der Waals surface area contributed by atoms with Crippen LogP contribution in [0.15, 0.2) is 71.5 Å². The van der Waals surface area contributed by atoms with Gasteiger partial charge >= 0.3 is 0 Å². The summed E-state index contributed by atoms with van der Waals surface area (Å²) < 4.78 is 0. The Labute approximate surface area is 175 Å². The number of carbonyl (C=O) groups is 1. The molecule has 7 nitrogen and oxygen atoms in total. The van der Waals surface area contributed by atoms with Gasteiger partial charge in [-0.3, -0.25) is 14.5 Å². The van der Waals surface area contributed by atoms with Gasteiger partial charge in [0.15, 0.2) is 0 Å². The van der Waals surface area contributed by atoms with Crippen LogP contribution in [0, 0.1) is 0 Å². The highest BCUT2D eigenvalue weighted by atomic mass is 16.2. The third-order valence-corrected chi connectivity index (χ3v) is 5.36. The molecular formula is C23H25N5O2. The number of para-hydroxylation sites is 1. The number of aromatic nitrogens is 2. The molecule has 154 valence electrons. The van der Waals surface area contributed by atoms with E-state index in [-0.39, 0.29) is 17.2 Å². The zero-order valence-corrected chi connectivity index (χ0v) is 16.8. The van der Waals surface area contributed by atoms with E-state index < -0.39 is 0 Å². The lowest BCUT2D eigenvalue weighted by atomic mass is 10.1. The summed E-state index contributed by atoms with van der Waals surface area (Å²) in [4.78, 5) is 28.3. The molecular weight excluding hydrogens is 378 g/mol. The van der Waals surface area contributed by atoms with Crippen molar-refractivity contribution in [2.24, 2.45) is 0 Å². The molecule has 30 heavy (non-hydrogen) atoms. The van der Waals surface area contributed by atoms with Crippen LogP contribution in [0.4, 0.5) is 5.69 Å². The third kappa shape index (κ3) is 4.93. The molecule has 1 aliphatic rings. The molecule has 2 N–H and O–H groups in total. The number of amides is 1. The molecule has 4 rings (SSSR count). The van der Waals surface area contributed by atoms with Gasteiger partial charge in [0, 0.05) is 51.0 Å². The summed E-state index contributed by atoms with van der Waals surface area (Å²) >= 11 is 0. The Balaban J connectivity index is 1.34. The quantitative estimate of drug-likeness (QED) is 0.658. The topological polar surface area (TPSA) is 81.3 Å². The van der Waals surface area contributed by atoms with Crippen molar-refractivity contribution in [3.8, 4) is 0 Å². The highest BCUT2D eigenvalue weighted by Gasteiger charge is 2.18. The van der Waals surface area contributed by atoms with Crippen molar-refractivity contribution in [3.63, 3.8) is 0 Å². The van der Waals surface area contributed by atoms with Gasteiger partial charge < -0.3 is 10.2 Å². The molecule has 2 aromatic carbocycles. The molecule has 0 bridgehead atoms. The van der Waals surface area contributed by atoms with Crippen LogP contribution < -0.4 is 15.8 Å². The summed E-state index contributed by atoms with van der Waals surface area (Å²) in [6.45, 7) is 5.26. The minimum Gasteiger partial charge on any atom is -0.369 e. The Hall–Kier alpha value is -3.45. The van der Waals surface area contributed by atoms with Gasteiger partial charge in [0.25, 0.3) is 11.5 Å². The second-order valence-corrected chi connectivity index (χ2v) is 7.36. The first-order valence-corrected chi connectivity index (χ1v) is 10.1. The molecule has 1 saturated heterocycles. The zero-order chi connectivity index (χ0) is 20.8. The molecule has 3 aromatic rings. The fraction of sp³-hybridized carbons (Fsp3) is 0.261. The monoisotopic (exact) mass is 403 g/mol. The fourth-order valence-corrected chi connectivity index (χ4v) is 3.67. The Kier molecular flexibility index (Phi) is 6.20. The number of nitrogens with zero attached hydrogens (tertiary/aromatic N) is 3. The van der Waals surface area contributed by atoms with Crippen molar-refractivity contribution < 1.29 is 4.79 Å². The van der Waals surface area contributed by atoms with Crippen LogP contribution in [0.1, 0.15) is 21.6 Å². The molecule has 0 aliphatic carbocycles. The van der Waals surface area contributed by atoms with Crippen LogP contribution in [0.25, 0.3) is 0 Å². The van der Waals surface area contributed by atoms with Crippen molar-refractivity contribution in [1.29, 1.82) is 0 Å². The minimum absolute atomic E-state index is 0.198. The first-order chi connectivity index (χ1) is 14.7. The zero-order valence-electron chi connectivity index (χ0n) is 16.8. The van der Waals surface area contributed by atoms with Crippen molar-refractivity contribution >= 4 is 11.6 Å². The largest absolute Gasteiger partial charge is 0.369 e. The van der Waals surface area contributed by atoms with Gasteiger partial charge in [-0.25, -0.2) is 5.10 Å². The minimum atomic E-state index is -0.329. The number of rotatable bonds is 6. The molecule has 7 heteroatoms. The van der Waals surface area contributed by atoms with E-state index in [1.54, 1.807) is 0 Å². The van der Waals surface area contributed by atoms with E-state index in [2.05, 4.69) is 55.6 Å². The lowest BCUT2D eigenvalue weighted by Gasteiger charge is -2.36. The normalized spacial score (nSPS) is 14.5. The van der Waals surface area contributed by atoms with Crippen LogP contribution in [0.2, 0.25) is 0 Å². The number of carbonyl (C=O) groups excluding carboxylic acids is 1. The molecule has 1 fully saturated rings. The predicted octanol–water partition coefficient (Wildman–Crippen LogP) is 2.02. The van der Waals surface area contributed by atoms with Crippen LogP contribution in [-0.2, 0) is 13.1 Å². The number of benzene rings is 2. The molecule has 1 aromatic heterocycles. The van der Waals surface area contributed by atoms with Crippen molar-refractivity contribution in [2.75, 3.05) is 31.1 Å². The lowest BCUT2D eigenvalue weighted by Crippen LogP contribution is -2.46. The van der Waals surface area contributed by atoms with Crippen LogP contribution in [-0.4, -0.2) is 47.2 Å². The maximum Gasteiger partial charge on any atom is 0.271 e. The predicted molar refractivity (Wildman–Crippen MR) is 116 cm³/mol. The van der Waals surface area contributed by atoms with Crippen LogP contribution >= 0.6 is 0 Å². The summed E-state index contributed by atoms with van der Waals surface area (Å²) in [5.41, 5.74) is 3.44. The van der Waals surface area contributed by atoms with Gasteiger partial charge in [0.2, 0.25) is 0 Å². The first-order valence-electron chi connectivity index (χ1n) is 10.1. The average molecular weight is 403 g/mol. The van der Waals surface area contributed by atoms with Gasteiger partial charge in [-0.1, -0.05) is 42.5 Å². The molecule has 1 aliphatic heterocycles. The maximum absolute atomic E-state index is 12.3. The summed E-state index contributed by atoms with van der Waals surface area (Å²) in [5, 5.41) is 8.95. The maximum atomic E-state index is 12.3. The van der Waals surface area contributed by atoms with Crippen molar-refractivity contribution in [1.82, 2.24) is 20.4 Å². The standard InChI is InChI=1S/C23H25N5O2/c29-22-11-10-21(25-26-22)23(30)24-16-18-6-4-5-7-19(18)17-27-12-14-28(15-13-27)20-8-2-1-3-9-20/h1-11H,12-17H2,(H,24,30)(H,26,29). The van der Waals surface area contributed by atoms with E-state index in [9.17, 15) is 9.59 Å². The van der Waals surface area contributed by atoms with Gasteiger partial charge in [-0.15, -0.1) is 0 Å². The van der Waals surface area contributed by atoms with E-state index in [1.165, 1.54) is 23.4 Å². The van der Waals surface area contributed by atoms with Gasteiger partial charge in [-0.2, -0.15) is 5.10 Å². The summed E-state index contributed by atoms with van der Waals surface area (Å²) in [5.74, 6) is -0.308. The summed E-state index contributed by atoms with van der Waals surface area (Å²) in [7, 11) is 0. The molecule has 0 radical (unpaired) electrons. The van der Waals surface area contributed by atoms with Gasteiger partial charge in [0.05, 0.1) is 0 Å². The average Bonchev–Trinajstić information content (AvgIpc) is 2.80. The Morgan fingerprint density at radius 2 is 1.60 bits per heavy atom. The summed E-state index contributed by atoms with van der Waals surface area (Å²) in [6.07, 6.45) is 0. The Morgan fingerprint density at radius 3 is 2.30 bits per heavy atom. The molecule has 0 atom stereocenters. The highest BCUT2D eigenvalue weighted by Crippen LogP contribution is 2.18. The van der Waals surface area contributed by atoms with E-state index in [4.69, 9.17) is 0 Å². The number of nitrogens with one attached hydrogen (secondary N) is 2. The molecule has 1 amide bonds. The smallest absolute Gasteiger partial charge is 0.271 e. The number of H-pyrrole nitrogens is 1. The second-order valence-electron chi connectivity index (χ2n) is 7.36. The highest BCUT2D eigenvalue weighted by molar-refractivity contribution is 5.91. The molecule has 0 spiro atoms. The van der Waals surface area contributed by atoms with Crippen LogP contribution in [0.5, 0.6) is 0 Å². The number of anilines is 1. The number of hydrogen-bond donors (Lipinski definition) is 2. The third-order valence-electron chi connectivity index (χ3n) is 5.36. The van der Waals surface area contributed by atoms with E-state index in [1.807, 2.05) is 24.3 Å². The number of hydrogen-bond acceptors (Lipinski definition) is 5.